The lowest BCUT2D eigenvalue weighted by Crippen LogP contribution is -2.44. The molecule has 1 amide bonds. The highest BCUT2D eigenvalue weighted by atomic mass is 79.9. The van der Waals surface area contributed by atoms with Crippen LogP contribution in [-0.4, -0.2) is 26.9 Å². The van der Waals surface area contributed by atoms with Crippen LogP contribution in [0.1, 0.15) is 38.4 Å². The summed E-state index contributed by atoms with van der Waals surface area (Å²) in [6.07, 6.45) is 6.11. The van der Waals surface area contributed by atoms with Crippen LogP contribution in [0.3, 0.4) is 0 Å². The van der Waals surface area contributed by atoms with Gasteiger partial charge in [-0.05, 0) is 76.8 Å². The molecule has 0 radical (unpaired) electrons. The highest BCUT2D eigenvalue weighted by Gasteiger charge is 2.41. The minimum Gasteiger partial charge on any atom is -0.457 e. The maximum Gasteiger partial charge on any atom is 0.270 e. The van der Waals surface area contributed by atoms with Crippen molar-refractivity contribution in [3.63, 3.8) is 0 Å². The predicted octanol–water partition coefficient (Wildman–Crippen LogP) is 7.80. The summed E-state index contributed by atoms with van der Waals surface area (Å²) in [4.78, 5) is 31.5. The molecule has 1 aliphatic carbocycles. The van der Waals surface area contributed by atoms with Gasteiger partial charge in [0.05, 0.1) is 15.5 Å². The minimum absolute atomic E-state index is 0.00487. The van der Waals surface area contributed by atoms with E-state index in [2.05, 4.69) is 22.9 Å². The van der Waals surface area contributed by atoms with E-state index in [0.29, 0.717) is 37.5 Å². The Balaban J connectivity index is 1.46. The normalized spacial score (nSPS) is 22.5. The molecule has 9 heteroatoms. The highest BCUT2D eigenvalue weighted by Crippen LogP contribution is 2.41. The standard InChI is InChI=1S/C27H24BrN3O4S/c1-17-7-5-6-10-23(17)30-26(32)25(36-27(30)29-18-8-3-2-4-9-18)16-20-12-14-24(35-20)21-13-11-19(31(33)34)15-22(21)28/h2-4,8-9,11-17,23H,5-7,10H2,1H3/b25-16-,29-27?/t17-,23-/m0/s1. The van der Waals surface area contributed by atoms with E-state index in [-0.39, 0.29) is 17.6 Å². The van der Waals surface area contributed by atoms with Crippen LogP contribution in [0, 0.1) is 16.0 Å². The first kappa shape index (κ1) is 24.5. The first-order valence-electron chi connectivity index (χ1n) is 11.8. The van der Waals surface area contributed by atoms with Crippen molar-refractivity contribution < 1.29 is 14.1 Å². The molecule has 36 heavy (non-hydrogen) atoms. The van der Waals surface area contributed by atoms with Crippen LogP contribution >= 0.6 is 27.7 Å². The van der Waals surface area contributed by atoms with Crippen molar-refractivity contribution in [2.24, 2.45) is 10.9 Å². The maximum atomic E-state index is 13.6. The zero-order valence-corrected chi connectivity index (χ0v) is 22.0. The molecule has 0 unspecified atom stereocenters. The van der Waals surface area contributed by atoms with Crippen molar-refractivity contribution in [1.82, 2.24) is 4.90 Å². The largest absolute Gasteiger partial charge is 0.457 e. The van der Waals surface area contributed by atoms with E-state index in [1.807, 2.05) is 35.2 Å². The van der Waals surface area contributed by atoms with E-state index in [4.69, 9.17) is 9.41 Å². The number of carbonyl (C=O) groups is 1. The van der Waals surface area contributed by atoms with Gasteiger partial charge in [-0.3, -0.25) is 19.8 Å². The number of nitro benzene ring substituents is 1. The Morgan fingerprint density at radius 2 is 1.92 bits per heavy atom. The minimum atomic E-state index is -0.442. The number of non-ortho nitro benzene ring substituents is 1. The molecule has 0 N–H and O–H groups in total. The van der Waals surface area contributed by atoms with Crippen LogP contribution in [0.4, 0.5) is 11.4 Å². The monoisotopic (exact) mass is 565 g/mol. The van der Waals surface area contributed by atoms with E-state index >= 15 is 0 Å². The van der Waals surface area contributed by atoms with E-state index in [1.54, 1.807) is 24.3 Å². The molecule has 7 nitrogen and oxygen atoms in total. The second-order valence-corrected chi connectivity index (χ2v) is 10.8. The van der Waals surface area contributed by atoms with Gasteiger partial charge >= 0.3 is 0 Å². The molecule has 2 aliphatic rings. The van der Waals surface area contributed by atoms with Crippen molar-refractivity contribution in [2.45, 2.75) is 38.6 Å². The van der Waals surface area contributed by atoms with Gasteiger partial charge in [-0.1, -0.05) is 38.0 Å². The number of aliphatic imine (C=N–C) groups is 1. The molecule has 184 valence electrons. The molecule has 1 aromatic heterocycles. The van der Waals surface area contributed by atoms with Crippen molar-refractivity contribution >= 4 is 56.2 Å². The van der Waals surface area contributed by atoms with Crippen LogP contribution in [0.5, 0.6) is 0 Å². The number of amidine groups is 1. The summed E-state index contributed by atoms with van der Waals surface area (Å²) < 4.78 is 6.58. The number of para-hydroxylation sites is 1. The summed E-state index contributed by atoms with van der Waals surface area (Å²) in [6, 6.07) is 17.9. The number of furan rings is 1. The first-order chi connectivity index (χ1) is 17.4. The Bertz CT molecular complexity index is 1370. The Morgan fingerprint density at radius 1 is 1.14 bits per heavy atom. The number of hydrogen-bond donors (Lipinski definition) is 0. The van der Waals surface area contributed by atoms with Gasteiger partial charge in [0.25, 0.3) is 11.6 Å². The van der Waals surface area contributed by atoms with Gasteiger partial charge < -0.3 is 4.42 Å². The molecule has 2 atom stereocenters. The van der Waals surface area contributed by atoms with E-state index < -0.39 is 4.92 Å². The topological polar surface area (TPSA) is 89.0 Å². The lowest BCUT2D eigenvalue weighted by atomic mass is 9.85. The van der Waals surface area contributed by atoms with Gasteiger partial charge in [-0.25, -0.2) is 4.99 Å². The van der Waals surface area contributed by atoms with Gasteiger partial charge in [0.2, 0.25) is 0 Å². The first-order valence-corrected chi connectivity index (χ1v) is 13.4. The molecule has 3 aromatic rings. The molecule has 5 rings (SSSR count). The molecule has 1 saturated carbocycles. The summed E-state index contributed by atoms with van der Waals surface area (Å²) in [7, 11) is 0. The number of halogens is 1. The quantitative estimate of drug-likeness (QED) is 0.179. The SMILES string of the molecule is C[C@H]1CCCC[C@@H]1N1C(=O)/C(=C/c2ccc(-c3ccc([N+](=O)[O-])cc3Br)o2)SC1=Nc1ccccc1. The average Bonchev–Trinajstić information content (AvgIpc) is 3.44. The molecular formula is C27H24BrN3O4S. The maximum absolute atomic E-state index is 13.6. The molecular weight excluding hydrogens is 542 g/mol. The van der Waals surface area contributed by atoms with Crippen LogP contribution in [0.25, 0.3) is 17.4 Å². The average molecular weight is 566 g/mol. The number of benzene rings is 2. The Morgan fingerprint density at radius 3 is 2.64 bits per heavy atom. The van der Waals surface area contributed by atoms with Crippen LogP contribution in [-0.2, 0) is 4.79 Å². The second kappa shape index (κ2) is 10.4. The van der Waals surface area contributed by atoms with E-state index in [1.165, 1.54) is 30.3 Å². The fraction of sp³-hybridized carbons (Fsp3) is 0.259. The molecule has 0 spiro atoms. The molecule has 1 aliphatic heterocycles. The zero-order chi connectivity index (χ0) is 25.2. The number of nitro groups is 1. The molecule has 2 fully saturated rings. The van der Waals surface area contributed by atoms with Crippen molar-refractivity contribution in [1.29, 1.82) is 0 Å². The number of rotatable bonds is 5. The van der Waals surface area contributed by atoms with Gasteiger partial charge in [-0.15, -0.1) is 0 Å². The summed E-state index contributed by atoms with van der Waals surface area (Å²) in [5.74, 6) is 1.43. The predicted molar refractivity (Wildman–Crippen MR) is 146 cm³/mol. The fourth-order valence-corrected chi connectivity index (χ4v) is 6.26. The summed E-state index contributed by atoms with van der Waals surface area (Å²) in [5, 5.41) is 11.7. The second-order valence-electron chi connectivity index (χ2n) is 8.97. The van der Waals surface area contributed by atoms with Crippen molar-refractivity contribution in [3.05, 3.63) is 85.9 Å². The Hall–Kier alpha value is -3.17. The van der Waals surface area contributed by atoms with Gasteiger partial charge in [0.1, 0.15) is 11.5 Å². The third kappa shape index (κ3) is 5.03. The van der Waals surface area contributed by atoms with Gasteiger partial charge in [-0.2, -0.15) is 0 Å². The number of hydrogen-bond acceptors (Lipinski definition) is 6. The van der Waals surface area contributed by atoms with E-state index in [9.17, 15) is 14.9 Å². The summed E-state index contributed by atoms with van der Waals surface area (Å²) >= 11 is 4.76. The number of amides is 1. The lowest BCUT2D eigenvalue weighted by Gasteiger charge is -2.35. The smallest absolute Gasteiger partial charge is 0.270 e. The fourth-order valence-electron chi connectivity index (χ4n) is 4.67. The zero-order valence-electron chi connectivity index (χ0n) is 19.6. The van der Waals surface area contributed by atoms with E-state index in [0.717, 1.165) is 24.9 Å². The third-order valence-corrected chi connectivity index (χ3v) is 8.18. The van der Waals surface area contributed by atoms with Crippen molar-refractivity contribution in [3.8, 4) is 11.3 Å². The number of carbonyl (C=O) groups excluding carboxylic acids is 1. The lowest BCUT2D eigenvalue weighted by molar-refractivity contribution is -0.384. The number of nitrogens with zero attached hydrogens (tertiary/aromatic N) is 3. The van der Waals surface area contributed by atoms with Crippen LogP contribution in [0.2, 0.25) is 0 Å². The van der Waals surface area contributed by atoms with Crippen LogP contribution in [0.15, 0.2) is 79.5 Å². The third-order valence-electron chi connectivity index (χ3n) is 6.54. The molecule has 2 heterocycles. The Labute approximate surface area is 221 Å². The van der Waals surface area contributed by atoms with Crippen molar-refractivity contribution in [2.75, 3.05) is 0 Å². The Kier molecular flexibility index (Phi) is 7.11. The molecule has 2 aromatic carbocycles. The summed E-state index contributed by atoms with van der Waals surface area (Å²) in [6.45, 7) is 2.21. The molecule has 1 saturated heterocycles. The van der Waals surface area contributed by atoms with Gasteiger partial charge in [0, 0.05) is 34.3 Å². The highest BCUT2D eigenvalue weighted by molar-refractivity contribution is 9.10. The van der Waals surface area contributed by atoms with Gasteiger partial charge in [0.15, 0.2) is 5.17 Å². The molecule has 0 bridgehead atoms. The van der Waals surface area contributed by atoms with Crippen LogP contribution < -0.4 is 0 Å². The number of thioether (sulfide) groups is 1. The summed E-state index contributed by atoms with van der Waals surface area (Å²) in [5.41, 5.74) is 1.50.